The number of piperidine rings is 1. The first-order valence-corrected chi connectivity index (χ1v) is 10.7. The standard InChI is InChI=1S/C24H29N5O/c1-17-7-11-23(29-15-5-13-25-29)21(16-17)24(30)28-14-4-6-18(2)22(28)12-10-20-9-8-19(3)26-27-20/h5,7-9,11,13,15-16,18,22H,4,6,10,12,14H2,1-3H3/t18-,22-/m1/s1. The Balaban J connectivity index is 1.60. The van der Waals surface area contributed by atoms with Gasteiger partial charge in [0.1, 0.15) is 0 Å². The lowest BCUT2D eigenvalue weighted by molar-refractivity contribution is 0.0498. The molecule has 2 aromatic heterocycles. The first-order chi connectivity index (χ1) is 14.5. The van der Waals surface area contributed by atoms with Crippen molar-refractivity contribution in [1.82, 2.24) is 24.9 Å². The van der Waals surface area contributed by atoms with E-state index in [4.69, 9.17) is 0 Å². The zero-order valence-corrected chi connectivity index (χ0v) is 18.0. The lowest BCUT2D eigenvalue weighted by Crippen LogP contribution is -2.48. The highest BCUT2D eigenvalue weighted by Gasteiger charge is 2.33. The van der Waals surface area contributed by atoms with Crippen LogP contribution >= 0.6 is 0 Å². The molecule has 1 saturated heterocycles. The molecule has 1 aliphatic rings. The number of aromatic nitrogens is 4. The Hall–Kier alpha value is -3.02. The van der Waals surface area contributed by atoms with Crippen molar-refractivity contribution >= 4 is 5.91 Å². The average Bonchev–Trinajstić information content (AvgIpc) is 3.28. The van der Waals surface area contributed by atoms with Crippen LogP contribution in [0.5, 0.6) is 0 Å². The molecule has 6 nitrogen and oxygen atoms in total. The molecular weight excluding hydrogens is 374 g/mol. The molecule has 0 N–H and O–H groups in total. The molecule has 0 spiro atoms. The van der Waals surface area contributed by atoms with E-state index in [1.807, 2.05) is 56.4 Å². The maximum absolute atomic E-state index is 13.7. The van der Waals surface area contributed by atoms with Gasteiger partial charge in [-0.3, -0.25) is 4.79 Å². The van der Waals surface area contributed by atoms with Crippen LogP contribution in [0, 0.1) is 19.8 Å². The number of amides is 1. The predicted octanol–water partition coefficient (Wildman–Crippen LogP) is 4.15. The molecule has 0 bridgehead atoms. The van der Waals surface area contributed by atoms with Gasteiger partial charge in [0, 0.05) is 25.0 Å². The number of hydrogen-bond donors (Lipinski definition) is 0. The number of likely N-dealkylation sites (tertiary alicyclic amines) is 1. The van der Waals surface area contributed by atoms with Crippen molar-refractivity contribution in [2.45, 2.75) is 52.5 Å². The number of hydrogen-bond acceptors (Lipinski definition) is 4. The molecule has 6 heteroatoms. The van der Waals surface area contributed by atoms with Gasteiger partial charge in [0.05, 0.1) is 22.6 Å². The van der Waals surface area contributed by atoms with Crippen LogP contribution in [0.25, 0.3) is 5.69 Å². The molecular formula is C24H29N5O. The molecule has 1 fully saturated rings. The molecule has 3 aromatic rings. The maximum Gasteiger partial charge on any atom is 0.256 e. The van der Waals surface area contributed by atoms with Gasteiger partial charge in [0.15, 0.2) is 0 Å². The fourth-order valence-corrected chi connectivity index (χ4v) is 4.38. The molecule has 156 valence electrons. The Bertz CT molecular complexity index is 997. The maximum atomic E-state index is 13.7. The minimum Gasteiger partial charge on any atom is -0.335 e. The van der Waals surface area contributed by atoms with Gasteiger partial charge < -0.3 is 4.90 Å². The summed E-state index contributed by atoms with van der Waals surface area (Å²) in [5, 5.41) is 12.8. The zero-order valence-electron chi connectivity index (χ0n) is 18.0. The number of aryl methyl sites for hydroxylation is 3. The Kier molecular flexibility index (Phi) is 5.93. The molecule has 1 aliphatic heterocycles. The predicted molar refractivity (Wildman–Crippen MR) is 117 cm³/mol. The van der Waals surface area contributed by atoms with Gasteiger partial charge >= 0.3 is 0 Å². The van der Waals surface area contributed by atoms with E-state index < -0.39 is 0 Å². The van der Waals surface area contributed by atoms with Crippen LogP contribution in [0.3, 0.4) is 0 Å². The van der Waals surface area contributed by atoms with Crippen LogP contribution in [-0.2, 0) is 6.42 Å². The monoisotopic (exact) mass is 403 g/mol. The highest BCUT2D eigenvalue weighted by molar-refractivity contribution is 5.98. The lowest BCUT2D eigenvalue weighted by Gasteiger charge is -2.40. The van der Waals surface area contributed by atoms with Crippen molar-refractivity contribution in [2.75, 3.05) is 6.54 Å². The molecule has 2 atom stereocenters. The minimum absolute atomic E-state index is 0.0933. The minimum atomic E-state index is 0.0933. The van der Waals surface area contributed by atoms with E-state index in [-0.39, 0.29) is 11.9 Å². The van der Waals surface area contributed by atoms with E-state index in [9.17, 15) is 4.79 Å². The second-order valence-electron chi connectivity index (χ2n) is 8.36. The topological polar surface area (TPSA) is 63.9 Å². The van der Waals surface area contributed by atoms with Crippen molar-refractivity contribution in [1.29, 1.82) is 0 Å². The molecule has 3 heterocycles. The highest BCUT2D eigenvalue weighted by Crippen LogP contribution is 2.29. The Morgan fingerprint density at radius 1 is 1.17 bits per heavy atom. The van der Waals surface area contributed by atoms with Crippen LogP contribution in [0.4, 0.5) is 0 Å². The normalized spacial score (nSPS) is 19.1. The van der Waals surface area contributed by atoms with E-state index in [2.05, 4.69) is 27.1 Å². The van der Waals surface area contributed by atoms with E-state index in [0.29, 0.717) is 11.5 Å². The number of rotatable bonds is 5. The Labute approximate surface area is 177 Å². The smallest absolute Gasteiger partial charge is 0.256 e. The summed E-state index contributed by atoms with van der Waals surface area (Å²) in [5.74, 6) is 0.551. The van der Waals surface area contributed by atoms with Gasteiger partial charge in [-0.25, -0.2) is 4.68 Å². The van der Waals surface area contributed by atoms with Crippen LogP contribution in [0.2, 0.25) is 0 Å². The van der Waals surface area contributed by atoms with E-state index >= 15 is 0 Å². The van der Waals surface area contributed by atoms with Gasteiger partial charge in [0.2, 0.25) is 0 Å². The summed E-state index contributed by atoms with van der Waals surface area (Å²) in [6.07, 6.45) is 7.53. The summed E-state index contributed by atoms with van der Waals surface area (Å²) < 4.78 is 1.77. The second-order valence-corrected chi connectivity index (χ2v) is 8.36. The Morgan fingerprint density at radius 3 is 2.77 bits per heavy atom. The van der Waals surface area contributed by atoms with E-state index in [0.717, 1.165) is 54.9 Å². The SMILES string of the molecule is Cc1ccc(-n2cccn2)c(C(=O)N2CCC[C@@H](C)[C@H]2CCc2ccc(C)nn2)c1. The van der Waals surface area contributed by atoms with E-state index in [1.165, 1.54) is 0 Å². The summed E-state index contributed by atoms with van der Waals surface area (Å²) >= 11 is 0. The summed E-state index contributed by atoms with van der Waals surface area (Å²) in [7, 11) is 0. The van der Waals surface area contributed by atoms with Crippen molar-refractivity contribution in [2.24, 2.45) is 5.92 Å². The highest BCUT2D eigenvalue weighted by atomic mass is 16.2. The van der Waals surface area contributed by atoms with Crippen LogP contribution in [0.1, 0.15) is 53.5 Å². The molecule has 30 heavy (non-hydrogen) atoms. The zero-order chi connectivity index (χ0) is 21.1. The van der Waals surface area contributed by atoms with Gasteiger partial charge in [-0.1, -0.05) is 18.6 Å². The molecule has 0 aliphatic carbocycles. The largest absolute Gasteiger partial charge is 0.335 e. The summed E-state index contributed by atoms with van der Waals surface area (Å²) in [5.41, 5.74) is 4.53. The molecule has 1 aromatic carbocycles. The van der Waals surface area contributed by atoms with Gasteiger partial charge in [-0.2, -0.15) is 15.3 Å². The molecule has 1 amide bonds. The molecule has 0 radical (unpaired) electrons. The van der Waals surface area contributed by atoms with Crippen LogP contribution in [0.15, 0.2) is 48.8 Å². The third-order valence-electron chi connectivity index (χ3n) is 6.06. The third-order valence-corrected chi connectivity index (χ3v) is 6.06. The second kappa shape index (κ2) is 8.78. The van der Waals surface area contributed by atoms with Gasteiger partial charge in [-0.05, 0) is 75.8 Å². The summed E-state index contributed by atoms with van der Waals surface area (Å²) in [4.78, 5) is 15.8. The lowest BCUT2D eigenvalue weighted by atomic mass is 9.86. The third kappa shape index (κ3) is 4.27. The first kappa shape index (κ1) is 20.3. The fraction of sp³-hybridized carbons (Fsp3) is 0.417. The number of nitrogens with zero attached hydrogens (tertiary/aromatic N) is 5. The first-order valence-electron chi connectivity index (χ1n) is 10.7. The Morgan fingerprint density at radius 2 is 2.03 bits per heavy atom. The van der Waals surface area contributed by atoms with Crippen LogP contribution < -0.4 is 0 Å². The average molecular weight is 404 g/mol. The van der Waals surface area contributed by atoms with Crippen molar-refractivity contribution < 1.29 is 4.79 Å². The molecule has 4 rings (SSSR count). The summed E-state index contributed by atoms with van der Waals surface area (Å²) in [6.45, 7) is 7.02. The molecule has 0 saturated carbocycles. The molecule has 0 unspecified atom stereocenters. The number of carbonyl (C=O) groups excluding carboxylic acids is 1. The quantitative estimate of drug-likeness (QED) is 0.642. The van der Waals surface area contributed by atoms with Crippen molar-refractivity contribution in [3.63, 3.8) is 0 Å². The van der Waals surface area contributed by atoms with Crippen molar-refractivity contribution in [3.05, 3.63) is 71.3 Å². The fourth-order valence-electron chi connectivity index (χ4n) is 4.38. The van der Waals surface area contributed by atoms with E-state index in [1.54, 1.807) is 10.9 Å². The number of carbonyl (C=O) groups is 1. The number of benzene rings is 1. The van der Waals surface area contributed by atoms with Gasteiger partial charge in [0.25, 0.3) is 5.91 Å². The van der Waals surface area contributed by atoms with Crippen molar-refractivity contribution in [3.8, 4) is 5.69 Å². The van der Waals surface area contributed by atoms with Gasteiger partial charge in [-0.15, -0.1) is 0 Å². The van der Waals surface area contributed by atoms with Crippen LogP contribution in [-0.4, -0.2) is 43.4 Å². The summed E-state index contributed by atoms with van der Waals surface area (Å²) in [6, 6.07) is 12.1.